The predicted molar refractivity (Wildman–Crippen MR) is 77.5 cm³/mol. The lowest BCUT2D eigenvalue weighted by atomic mass is 10.3. The Morgan fingerprint density at radius 1 is 1.40 bits per heavy atom. The van der Waals surface area contributed by atoms with Gasteiger partial charge in [0.1, 0.15) is 4.21 Å². The maximum Gasteiger partial charge on any atom is 0.252 e. The molecular formula is C12H14ClNO4S2. The van der Waals surface area contributed by atoms with Gasteiger partial charge in [0.05, 0.1) is 23.5 Å². The lowest BCUT2D eigenvalue weighted by molar-refractivity contribution is 0.177. The van der Waals surface area contributed by atoms with Crippen LogP contribution in [0.15, 0.2) is 39.4 Å². The fourth-order valence-corrected chi connectivity index (χ4v) is 4.68. The van der Waals surface area contributed by atoms with Crippen LogP contribution >= 0.6 is 22.9 Å². The van der Waals surface area contributed by atoms with Gasteiger partial charge in [-0.1, -0.05) is 11.6 Å². The Balaban J connectivity index is 2.25. The van der Waals surface area contributed by atoms with Crippen molar-refractivity contribution in [2.75, 3.05) is 20.3 Å². The zero-order valence-electron chi connectivity index (χ0n) is 10.8. The molecule has 0 aliphatic carbocycles. The molecule has 0 saturated carbocycles. The van der Waals surface area contributed by atoms with Gasteiger partial charge in [0.25, 0.3) is 10.0 Å². The number of halogens is 1. The number of rotatable bonds is 7. The van der Waals surface area contributed by atoms with E-state index in [1.165, 1.54) is 30.0 Å². The van der Waals surface area contributed by atoms with Crippen LogP contribution in [0.4, 0.5) is 0 Å². The lowest BCUT2D eigenvalue weighted by Crippen LogP contribution is -2.33. The second kappa shape index (κ2) is 6.73. The van der Waals surface area contributed by atoms with Gasteiger partial charge in [-0.3, -0.25) is 0 Å². The van der Waals surface area contributed by atoms with Crippen LogP contribution < -0.4 is 0 Å². The summed E-state index contributed by atoms with van der Waals surface area (Å²) >= 11 is 6.85. The van der Waals surface area contributed by atoms with E-state index in [-0.39, 0.29) is 17.3 Å². The number of methoxy groups -OCH3 is 1. The Bertz CT molecular complexity index is 636. The fourth-order valence-electron chi connectivity index (χ4n) is 1.63. The average Bonchev–Trinajstić information content (AvgIpc) is 3.05. The second-order valence-corrected chi connectivity index (χ2v) is 7.90. The number of hydrogen-bond donors (Lipinski definition) is 0. The van der Waals surface area contributed by atoms with Crippen molar-refractivity contribution in [3.63, 3.8) is 0 Å². The monoisotopic (exact) mass is 335 g/mol. The van der Waals surface area contributed by atoms with Gasteiger partial charge in [0.15, 0.2) is 0 Å². The van der Waals surface area contributed by atoms with Gasteiger partial charge in [-0.25, -0.2) is 8.42 Å². The van der Waals surface area contributed by atoms with Crippen LogP contribution in [0.1, 0.15) is 5.56 Å². The largest absolute Gasteiger partial charge is 0.472 e. The number of ether oxygens (including phenoxy) is 1. The number of furan rings is 1. The maximum atomic E-state index is 12.6. The summed E-state index contributed by atoms with van der Waals surface area (Å²) in [5.74, 6) is 0. The Morgan fingerprint density at radius 3 is 2.75 bits per heavy atom. The van der Waals surface area contributed by atoms with E-state index in [1.807, 2.05) is 0 Å². The minimum absolute atomic E-state index is 0.224. The van der Waals surface area contributed by atoms with E-state index in [4.69, 9.17) is 20.8 Å². The first-order chi connectivity index (χ1) is 9.54. The van der Waals surface area contributed by atoms with Crippen molar-refractivity contribution >= 4 is 33.0 Å². The summed E-state index contributed by atoms with van der Waals surface area (Å²) in [5.41, 5.74) is 0.785. The highest BCUT2D eigenvalue weighted by molar-refractivity contribution is 7.91. The molecular weight excluding hydrogens is 322 g/mol. The molecule has 0 spiro atoms. The highest BCUT2D eigenvalue weighted by Crippen LogP contribution is 2.28. The molecule has 2 heterocycles. The van der Waals surface area contributed by atoms with Crippen molar-refractivity contribution in [3.05, 3.63) is 40.6 Å². The SMILES string of the molecule is COCCN(Cc1ccoc1)S(=O)(=O)c1ccc(Cl)s1. The number of hydrogen-bond acceptors (Lipinski definition) is 5. The van der Waals surface area contributed by atoms with Crippen LogP contribution in [0.25, 0.3) is 0 Å². The molecule has 8 heteroatoms. The van der Waals surface area contributed by atoms with Crippen LogP contribution in [0.5, 0.6) is 0 Å². The van der Waals surface area contributed by atoms with Gasteiger partial charge in [-0.15, -0.1) is 11.3 Å². The van der Waals surface area contributed by atoms with Crippen molar-refractivity contribution in [1.82, 2.24) is 4.31 Å². The molecule has 2 rings (SSSR count). The molecule has 0 aromatic carbocycles. The predicted octanol–water partition coefficient (Wildman–Crippen LogP) is 2.83. The van der Waals surface area contributed by atoms with E-state index in [1.54, 1.807) is 12.1 Å². The lowest BCUT2D eigenvalue weighted by Gasteiger charge is -2.20. The summed E-state index contributed by atoms with van der Waals surface area (Å²) in [5, 5.41) is 0. The molecule has 0 N–H and O–H groups in total. The first kappa shape index (κ1) is 15.5. The standard InChI is InChI=1S/C12H14ClNO4S2/c1-17-7-5-14(8-10-4-6-18-9-10)20(15,16)12-3-2-11(13)19-12/h2-4,6,9H,5,7-8H2,1H3. The Morgan fingerprint density at radius 2 is 2.20 bits per heavy atom. The Labute approximate surface area is 126 Å². The van der Waals surface area contributed by atoms with Gasteiger partial charge < -0.3 is 9.15 Å². The zero-order chi connectivity index (χ0) is 14.6. The summed E-state index contributed by atoms with van der Waals surface area (Å²) < 4.78 is 37.1. The molecule has 0 aliphatic heterocycles. The normalized spacial score (nSPS) is 12.2. The first-order valence-electron chi connectivity index (χ1n) is 5.79. The first-order valence-corrected chi connectivity index (χ1v) is 8.43. The van der Waals surface area contributed by atoms with E-state index in [0.29, 0.717) is 10.9 Å². The molecule has 20 heavy (non-hydrogen) atoms. The third kappa shape index (κ3) is 3.62. The molecule has 0 bridgehead atoms. The topological polar surface area (TPSA) is 59.8 Å². The number of nitrogens with zero attached hydrogens (tertiary/aromatic N) is 1. The van der Waals surface area contributed by atoms with Crippen LogP contribution in [-0.2, 0) is 21.3 Å². The fraction of sp³-hybridized carbons (Fsp3) is 0.333. The molecule has 2 aromatic heterocycles. The van der Waals surface area contributed by atoms with Gasteiger partial charge in [-0.05, 0) is 18.2 Å². The van der Waals surface area contributed by atoms with E-state index < -0.39 is 10.0 Å². The number of sulfonamides is 1. The molecule has 0 saturated heterocycles. The third-order valence-electron chi connectivity index (χ3n) is 2.63. The smallest absolute Gasteiger partial charge is 0.252 e. The van der Waals surface area contributed by atoms with Crippen molar-refractivity contribution in [3.8, 4) is 0 Å². The summed E-state index contributed by atoms with van der Waals surface area (Å²) in [6.45, 7) is 0.813. The Kier molecular flexibility index (Phi) is 5.22. The van der Waals surface area contributed by atoms with E-state index >= 15 is 0 Å². The van der Waals surface area contributed by atoms with Crippen LogP contribution in [0.2, 0.25) is 4.34 Å². The van der Waals surface area contributed by atoms with Crippen molar-refractivity contribution < 1.29 is 17.6 Å². The molecule has 0 unspecified atom stereocenters. The van der Waals surface area contributed by atoms with E-state index in [2.05, 4.69) is 0 Å². The molecule has 0 radical (unpaired) electrons. The van der Waals surface area contributed by atoms with E-state index in [9.17, 15) is 8.42 Å². The summed E-state index contributed by atoms with van der Waals surface area (Å²) in [7, 11) is -2.05. The molecule has 0 fully saturated rings. The molecule has 5 nitrogen and oxygen atoms in total. The summed E-state index contributed by atoms with van der Waals surface area (Å²) in [6, 6.07) is 4.82. The van der Waals surface area contributed by atoms with Gasteiger partial charge in [-0.2, -0.15) is 4.31 Å². The van der Waals surface area contributed by atoms with Crippen molar-refractivity contribution in [2.24, 2.45) is 0 Å². The minimum Gasteiger partial charge on any atom is -0.472 e. The summed E-state index contributed by atoms with van der Waals surface area (Å²) in [6.07, 6.45) is 3.04. The molecule has 2 aromatic rings. The maximum absolute atomic E-state index is 12.6. The quantitative estimate of drug-likeness (QED) is 0.780. The van der Waals surface area contributed by atoms with Crippen LogP contribution in [0, 0.1) is 0 Å². The van der Waals surface area contributed by atoms with Gasteiger partial charge in [0, 0.05) is 25.8 Å². The van der Waals surface area contributed by atoms with Crippen LogP contribution in [0.3, 0.4) is 0 Å². The van der Waals surface area contributed by atoms with Gasteiger partial charge in [0.2, 0.25) is 0 Å². The number of thiophene rings is 1. The molecule has 0 aliphatic rings. The molecule has 0 atom stereocenters. The second-order valence-electron chi connectivity index (χ2n) is 4.02. The van der Waals surface area contributed by atoms with Gasteiger partial charge >= 0.3 is 0 Å². The average molecular weight is 336 g/mol. The highest BCUT2D eigenvalue weighted by Gasteiger charge is 2.26. The molecule has 0 amide bonds. The third-order valence-corrected chi connectivity index (χ3v) is 6.17. The summed E-state index contributed by atoms with van der Waals surface area (Å²) in [4.78, 5) is 0. The minimum atomic E-state index is -3.58. The molecule has 110 valence electrons. The van der Waals surface area contributed by atoms with Crippen molar-refractivity contribution in [1.29, 1.82) is 0 Å². The Hall–Kier alpha value is -0.860. The van der Waals surface area contributed by atoms with E-state index in [0.717, 1.165) is 16.9 Å². The van der Waals surface area contributed by atoms with Crippen molar-refractivity contribution in [2.45, 2.75) is 10.8 Å². The zero-order valence-corrected chi connectivity index (χ0v) is 13.2. The highest BCUT2D eigenvalue weighted by atomic mass is 35.5. The van der Waals surface area contributed by atoms with Crippen LogP contribution in [-0.4, -0.2) is 33.0 Å².